The SMILES string of the molecule is Cc1cc(CN2CCC(C(C)(C)C)CC2)oc1C(=O)NN. The number of nitrogens with zero attached hydrogens (tertiary/aromatic N) is 1. The standard InChI is InChI=1S/C16H27N3O2/c1-11-9-13(21-14(11)15(20)18-17)10-19-7-5-12(6-8-19)16(2,3)4/h9,12H,5-8,10,17H2,1-4H3,(H,18,20). The Balaban J connectivity index is 1.94. The highest BCUT2D eigenvalue weighted by Gasteiger charge is 2.29. The number of piperidine rings is 1. The first-order chi connectivity index (χ1) is 9.81. The minimum absolute atomic E-state index is 0.317. The van der Waals surface area contributed by atoms with Gasteiger partial charge >= 0.3 is 5.91 Å². The molecule has 5 nitrogen and oxygen atoms in total. The zero-order valence-corrected chi connectivity index (χ0v) is 13.5. The van der Waals surface area contributed by atoms with Gasteiger partial charge in [0.05, 0.1) is 6.54 Å². The van der Waals surface area contributed by atoms with Crippen molar-refractivity contribution in [2.45, 2.75) is 47.1 Å². The van der Waals surface area contributed by atoms with Gasteiger partial charge in [-0.05, 0) is 50.3 Å². The lowest BCUT2D eigenvalue weighted by Crippen LogP contribution is -2.37. The summed E-state index contributed by atoms with van der Waals surface area (Å²) in [6.45, 7) is 11.8. The molecule has 1 aliphatic heterocycles. The Morgan fingerprint density at radius 1 is 1.43 bits per heavy atom. The van der Waals surface area contributed by atoms with Crippen LogP contribution in [0.3, 0.4) is 0 Å². The van der Waals surface area contributed by atoms with Crippen LogP contribution >= 0.6 is 0 Å². The van der Waals surface area contributed by atoms with E-state index in [-0.39, 0.29) is 5.91 Å². The van der Waals surface area contributed by atoms with Crippen LogP contribution in [0, 0.1) is 18.3 Å². The highest BCUT2D eigenvalue weighted by molar-refractivity contribution is 5.92. The summed E-state index contributed by atoms with van der Waals surface area (Å²) in [5, 5.41) is 0. The number of rotatable bonds is 3. The van der Waals surface area contributed by atoms with Crippen LogP contribution in [0.4, 0.5) is 0 Å². The molecule has 0 aliphatic carbocycles. The molecule has 0 radical (unpaired) electrons. The number of hydrogen-bond acceptors (Lipinski definition) is 4. The molecule has 1 aromatic rings. The number of furan rings is 1. The zero-order chi connectivity index (χ0) is 15.6. The molecular formula is C16H27N3O2. The van der Waals surface area contributed by atoms with Gasteiger partial charge in [0, 0.05) is 5.56 Å². The number of nitrogens with one attached hydrogen (secondary N) is 1. The molecule has 1 saturated heterocycles. The number of carbonyl (C=O) groups is 1. The third kappa shape index (κ3) is 3.86. The molecule has 0 aromatic carbocycles. The molecule has 2 rings (SSSR count). The first-order valence-electron chi connectivity index (χ1n) is 7.64. The number of hydrazine groups is 1. The topological polar surface area (TPSA) is 71.5 Å². The third-order valence-corrected chi connectivity index (χ3v) is 4.50. The predicted molar refractivity (Wildman–Crippen MR) is 82.6 cm³/mol. The fourth-order valence-corrected chi connectivity index (χ4v) is 3.09. The average Bonchev–Trinajstić information content (AvgIpc) is 2.78. The fourth-order valence-electron chi connectivity index (χ4n) is 3.09. The Morgan fingerprint density at radius 3 is 2.57 bits per heavy atom. The van der Waals surface area contributed by atoms with Crippen LogP contribution in [0.5, 0.6) is 0 Å². The highest BCUT2D eigenvalue weighted by Crippen LogP contribution is 2.34. The Morgan fingerprint density at radius 2 is 2.05 bits per heavy atom. The van der Waals surface area contributed by atoms with Gasteiger partial charge in [-0.3, -0.25) is 15.1 Å². The van der Waals surface area contributed by atoms with Crippen molar-refractivity contribution in [2.75, 3.05) is 13.1 Å². The summed E-state index contributed by atoms with van der Waals surface area (Å²) in [5.74, 6) is 6.72. The van der Waals surface area contributed by atoms with E-state index in [1.807, 2.05) is 13.0 Å². The van der Waals surface area contributed by atoms with Crippen molar-refractivity contribution in [3.05, 3.63) is 23.2 Å². The smallest absolute Gasteiger partial charge is 0.301 e. The second kappa shape index (κ2) is 6.20. The van der Waals surface area contributed by atoms with E-state index in [0.717, 1.165) is 36.9 Å². The molecule has 0 unspecified atom stereocenters. The van der Waals surface area contributed by atoms with Gasteiger partial charge in [0.2, 0.25) is 0 Å². The van der Waals surface area contributed by atoms with Crippen molar-refractivity contribution >= 4 is 5.91 Å². The van der Waals surface area contributed by atoms with Gasteiger partial charge in [-0.1, -0.05) is 20.8 Å². The van der Waals surface area contributed by atoms with Gasteiger partial charge in [0.1, 0.15) is 5.76 Å². The van der Waals surface area contributed by atoms with E-state index in [1.54, 1.807) is 0 Å². The van der Waals surface area contributed by atoms with E-state index in [1.165, 1.54) is 12.8 Å². The Labute approximate surface area is 126 Å². The average molecular weight is 293 g/mol. The summed E-state index contributed by atoms with van der Waals surface area (Å²) >= 11 is 0. The molecule has 1 aromatic heterocycles. The molecule has 1 fully saturated rings. The van der Waals surface area contributed by atoms with Crippen molar-refractivity contribution in [1.82, 2.24) is 10.3 Å². The van der Waals surface area contributed by atoms with Gasteiger partial charge in [-0.25, -0.2) is 5.84 Å². The van der Waals surface area contributed by atoms with Crippen LogP contribution in [-0.2, 0) is 6.54 Å². The molecule has 0 atom stereocenters. The molecule has 2 heterocycles. The van der Waals surface area contributed by atoms with Crippen LogP contribution in [0.15, 0.2) is 10.5 Å². The van der Waals surface area contributed by atoms with E-state index in [9.17, 15) is 4.79 Å². The summed E-state index contributed by atoms with van der Waals surface area (Å²) in [7, 11) is 0. The van der Waals surface area contributed by atoms with Crippen LogP contribution in [-0.4, -0.2) is 23.9 Å². The largest absolute Gasteiger partial charge is 0.454 e. The second-order valence-electron chi connectivity index (χ2n) is 7.11. The Bertz CT molecular complexity index is 494. The van der Waals surface area contributed by atoms with Crippen molar-refractivity contribution in [2.24, 2.45) is 17.2 Å². The molecule has 1 aliphatic rings. The summed E-state index contributed by atoms with van der Waals surface area (Å²) in [6, 6.07) is 1.93. The summed E-state index contributed by atoms with van der Waals surface area (Å²) in [4.78, 5) is 13.9. The summed E-state index contributed by atoms with van der Waals surface area (Å²) in [5.41, 5.74) is 3.33. The molecule has 5 heteroatoms. The lowest BCUT2D eigenvalue weighted by molar-refractivity contribution is 0.0907. The van der Waals surface area contributed by atoms with E-state index >= 15 is 0 Å². The molecule has 118 valence electrons. The molecule has 0 saturated carbocycles. The first-order valence-corrected chi connectivity index (χ1v) is 7.64. The van der Waals surface area contributed by atoms with Crippen molar-refractivity contribution in [3.8, 4) is 0 Å². The lowest BCUT2D eigenvalue weighted by atomic mass is 9.75. The molecular weight excluding hydrogens is 266 g/mol. The number of likely N-dealkylation sites (tertiary alicyclic amines) is 1. The number of aryl methyl sites for hydroxylation is 1. The van der Waals surface area contributed by atoms with Crippen LogP contribution in [0.25, 0.3) is 0 Å². The predicted octanol–water partition coefficient (Wildman–Crippen LogP) is 2.45. The third-order valence-electron chi connectivity index (χ3n) is 4.50. The highest BCUT2D eigenvalue weighted by atomic mass is 16.4. The Kier molecular flexibility index (Phi) is 4.74. The summed E-state index contributed by atoms with van der Waals surface area (Å²) < 4.78 is 5.63. The van der Waals surface area contributed by atoms with E-state index in [0.29, 0.717) is 11.2 Å². The number of nitrogen functional groups attached to an aromatic ring is 1. The van der Waals surface area contributed by atoms with Gasteiger partial charge in [-0.2, -0.15) is 0 Å². The molecule has 1 amide bonds. The van der Waals surface area contributed by atoms with Crippen molar-refractivity contribution < 1.29 is 9.21 Å². The fraction of sp³-hybridized carbons (Fsp3) is 0.688. The molecule has 0 bridgehead atoms. The normalized spacial score (nSPS) is 18.0. The monoisotopic (exact) mass is 293 g/mol. The van der Waals surface area contributed by atoms with Gasteiger partial charge in [0.25, 0.3) is 0 Å². The van der Waals surface area contributed by atoms with Crippen LogP contribution in [0.1, 0.15) is 55.5 Å². The molecule has 3 N–H and O–H groups in total. The number of hydrogen-bond donors (Lipinski definition) is 2. The minimum Gasteiger partial charge on any atom is -0.454 e. The van der Waals surface area contributed by atoms with Crippen LogP contribution < -0.4 is 11.3 Å². The molecule has 0 spiro atoms. The van der Waals surface area contributed by atoms with Gasteiger partial charge < -0.3 is 4.42 Å². The second-order valence-corrected chi connectivity index (χ2v) is 7.11. The maximum Gasteiger partial charge on any atom is 0.301 e. The number of amides is 1. The maximum absolute atomic E-state index is 11.5. The first kappa shape index (κ1) is 16.0. The van der Waals surface area contributed by atoms with E-state index < -0.39 is 0 Å². The van der Waals surface area contributed by atoms with Crippen molar-refractivity contribution in [1.29, 1.82) is 0 Å². The lowest BCUT2D eigenvalue weighted by Gasteiger charge is -2.38. The van der Waals surface area contributed by atoms with Gasteiger partial charge in [-0.15, -0.1) is 0 Å². The maximum atomic E-state index is 11.5. The quantitative estimate of drug-likeness (QED) is 0.510. The Hall–Kier alpha value is -1.33. The van der Waals surface area contributed by atoms with Gasteiger partial charge in [0.15, 0.2) is 5.76 Å². The van der Waals surface area contributed by atoms with Crippen LogP contribution in [0.2, 0.25) is 0 Å². The zero-order valence-electron chi connectivity index (χ0n) is 13.5. The summed E-state index contributed by atoms with van der Waals surface area (Å²) in [6.07, 6.45) is 2.44. The number of nitrogens with two attached hydrogens (primary N) is 1. The number of carbonyl (C=O) groups excluding carboxylic acids is 1. The van der Waals surface area contributed by atoms with E-state index in [2.05, 4.69) is 31.1 Å². The van der Waals surface area contributed by atoms with E-state index in [4.69, 9.17) is 10.3 Å². The minimum atomic E-state index is -0.370. The van der Waals surface area contributed by atoms with Crippen molar-refractivity contribution in [3.63, 3.8) is 0 Å². The molecule has 21 heavy (non-hydrogen) atoms.